The van der Waals surface area contributed by atoms with Crippen LogP contribution in [0.15, 0.2) is 53.2 Å². The van der Waals surface area contributed by atoms with Gasteiger partial charge in [0.25, 0.3) is 5.91 Å². The van der Waals surface area contributed by atoms with Crippen molar-refractivity contribution in [3.8, 4) is 5.69 Å². The van der Waals surface area contributed by atoms with Crippen LogP contribution in [0.3, 0.4) is 0 Å². The molecule has 2 aromatic heterocycles. The fraction of sp³-hybridized carbons (Fsp3) is 0.133. The largest absolute Gasteiger partial charge is 0.453 e. The van der Waals surface area contributed by atoms with Crippen LogP contribution in [0.4, 0.5) is 5.69 Å². The van der Waals surface area contributed by atoms with E-state index in [-0.39, 0.29) is 11.7 Å². The third-order valence-electron chi connectivity index (χ3n) is 2.95. The van der Waals surface area contributed by atoms with Gasteiger partial charge in [-0.1, -0.05) is 0 Å². The van der Waals surface area contributed by atoms with Gasteiger partial charge in [0.05, 0.1) is 18.1 Å². The molecule has 0 aliphatic rings. The first kappa shape index (κ1) is 14.0. The summed E-state index contributed by atoms with van der Waals surface area (Å²) in [7, 11) is 1.57. The molecule has 1 aromatic carbocycles. The lowest BCUT2D eigenvalue weighted by Gasteiger charge is -2.04. The van der Waals surface area contributed by atoms with Crippen LogP contribution in [0.2, 0.25) is 0 Å². The maximum Gasteiger partial charge on any atom is 0.291 e. The van der Waals surface area contributed by atoms with E-state index in [1.54, 1.807) is 43.8 Å². The lowest BCUT2D eigenvalue weighted by molar-refractivity contribution is 0.0987. The fourth-order valence-electron chi connectivity index (χ4n) is 1.94. The van der Waals surface area contributed by atoms with Crippen LogP contribution < -0.4 is 5.32 Å². The highest BCUT2D eigenvalue weighted by atomic mass is 16.5. The standard InChI is InChI=1S/C15H14N4O3/c1-21-10-13-6-7-14(22-13)15(20)18-11-2-4-12(5-3-11)19-16-8-9-17-19/h2-9H,10H2,1H3,(H,18,20). The second-order valence-corrected chi connectivity index (χ2v) is 4.52. The molecule has 0 bridgehead atoms. The highest BCUT2D eigenvalue weighted by molar-refractivity contribution is 6.02. The Labute approximate surface area is 126 Å². The second kappa shape index (κ2) is 6.23. The number of hydrogen-bond donors (Lipinski definition) is 1. The normalized spacial score (nSPS) is 10.6. The van der Waals surface area contributed by atoms with Gasteiger partial charge in [-0.25, -0.2) is 0 Å². The van der Waals surface area contributed by atoms with Gasteiger partial charge in [-0.05, 0) is 36.4 Å². The van der Waals surface area contributed by atoms with Gasteiger partial charge in [0.15, 0.2) is 5.76 Å². The molecule has 22 heavy (non-hydrogen) atoms. The van der Waals surface area contributed by atoms with E-state index < -0.39 is 0 Å². The second-order valence-electron chi connectivity index (χ2n) is 4.52. The van der Waals surface area contributed by atoms with Crippen molar-refractivity contribution in [2.45, 2.75) is 6.61 Å². The van der Waals surface area contributed by atoms with Crippen LogP contribution in [-0.2, 0) is 11.3 Å². The summed E-state index contributed by atoms with van der Waals surface area (Å²) in [5.74, 6) is 0.532. The molecule has 0 aliphatic heterocycles. The van der Waals surface area contributed by atoms with Crippen molar-refractivity contribution in [3.63, 3.8) is 0 Å². The zero-order chi connectivity index (χ0) is 15.4. The number of nitrogens with zero attached hydrogens (tertiary/aromatic N) is 3. The molecule has 0 aliphatic carbocycles. The zero-order valence-electron chi connectivity index (χ0n) is 11.9. The van der Waals surface area contributed by atoms with Crippen molar-refractivity contribution >= 4 is 11.6 Å². The van der Waals surface area contributed by atoms with Gasteiger partial charge in [0, 0.05) is 12.8 Å². The molecule has 7 nitrogen and oxygen atoms in total. The van der Waals surface area contributed by atoms with Crippen LogP contribution in [-0.4, -0.2) is 28.0 Å². The predicted octanol–water partition coefficient (Wildman–Crippen LogP) is 2.26. The molecule has 3 aromatic rings. The van der Waals surface area contributed by atoms with Gasteiger partial charge >= 0.3 is 0 Å². The van der Waals surface area contributed by atoms with E-state index in [1.165, 1.54) is 4.80 Å². The molecule has 7 heteroatoms. The Kier molecular flexibility index (Phi) is 3.97. The number of amides is 1. The number of hydrogen-bond acceptors (Lipinski definition) is 5. The molecule has 1 amide bonds. The van der Waals surface area contributed by atoms with Crippen molar-refractivity contribution in [1.82, 2.24) is 15.0 Å². The molecule has 0 saturated heterocycles. The van der Waals surface area contributed by atoms with Crippen LogP contribution in [0.1, 0.15) is 16.3 Å². The molecule has 0 spiro atoms. The van der Waals surface area contributed by atoms with E-state index in [0.29, 0.717) is 18.1 Å². The Morgan fingerprint density at radius 2 is 1.91 bits per heavy atom. The lowest BCUT2D eigenvalue weighted by atomic mass is 10.3. The Hall–Kier alpha value is -2.93. The van der Waals surface area contributed by atoms with Gasteiger partial charge in [0.2, 0.25) is 0 Å². The number of ether oxygens (including phenoxy) is 1. The van der Waals surface area contributed by atoms with Gasteiger partial charge in [0.1, 0.15) is 12.4 Å². The maximum absolute atomic E-state index is 12.1. The molecule has 112 valence electrons. The average Bonchev–Trinajstić information content (AvgIpc) is 3.20. The van der Waals surface area contributed by atoms with E-state index in [2.05, 4.69) is 15.5 Å². The van der Waals surface area contributed by atoms with Crippen molar-refractivity contribution in [2.24, 2.45) is 0 Å². The third-order valence-corrected chi connectivity index (χ3v) is 2.95. The number of anilines is 1. The summed E-state index contributed by atoms with van der Waals surface area (Å²) in [5.41, 5.74) is 1.47. The van der Waals surface area contributed by atoms with Crippen molar-refractivity contribution in [3.05, 3.63) is 60.3 Å². The minimum Gasteiger partial charge on any atom is -0.453 e. The van der Waals surface area contributed by atoms with E-state index in [0.717, 1.165) is 5.69 Å². The molecular formula is C15H14N4O3. The van der Waals surface area contributed by atoms with Gasteiger partial charge in [-0.3, -0.25) is 4.79 Å². The Morgan fingerprint density at radius 3 is 2.59 bits per heavy atom. The molecule has 0 atom stereocenters. The van der Waals surface area contributed by atoms with Crippen molar-refractivity contribution in [2.75, 3.05) is 12.4 Å². The zero-order valence-corrected chi connectivity index (χ0v) is 11.9. The summed E-state index contributed by atoms with van der Waals surface area (Å²) in [6.45, 7) is 0.332. The number of nitrogens with one attached hydrogen (secondary N) is 1. The van der Waals surface area contributed by atoms with Gasteiger partial charge in [-0.15, -0.1) is 0 Å². The highest BCUT2D eigenvalue weighted by Gasteiger charge is 2.11. The predicted molar refractivity (Wildman–Crippen MR) is 78.7 cm³/mol. The summed E-state index contributed by atoms with van der Waals surface area (Å²) in [6.07, 6.45) is 3.20. The highest BCUT2D eigenvalue weighted by Crippen LogP contribution is 2.15. The number of rotatable bonds is 5. The molecular weight excluding hydrogens is 284 g/mol. The van der Waals surface area contributed by atoms with Crippen molar-refractivity contribution < 1.29 is 13.9 Å². The van der Waals surface area contributed by atoms with E-state index in [4.69, 9.17) is 9.15 Å². The number of aromatic nitrogens is 3. The Bertz CT molecular complexity index is 747. The smallest absolute Gasteiger partial charge is 0.291 e. The minimum atomic E-state index is -0.313. The van der Waals surface area contributed by atoms with Crippen LogP contribution in [0.5, 0.6) is 0 Å². The maximum atomic E-state index is 12.1. The molecule has 3 rings (SSSR count). The van der Waals surface area contributed by atoms with Crippen LogP contribution in [0.25, 0.3) is 5.69 Å². The summed E-state index contributed by atoms with van der Waals surface area (Å²) in [6, 6.07) is 10.5. The first-order valence-corrected chi connectivity index (χ1v) is 6.62. The third kappa shape index (κ3) is 3.04. The monoisotopic (exact) mass is 298 g/mol. The van der Waals surface area contributed by atoms with Crippen LogP contribution in [0, 0.1) is 0 Å². The number of carbonyl (C=O) groups is 1. The SMILES string of the molecule is COCc1ccc(C(=O)Nc2ccc(-n3nccn3)cc2)o1. The van der Waals surface area contributed by atoms with E-state index >= 15 is 0 Å². The topological polar surface area (TPSA) is 82.2 Å². The summed E-state index contributed by atoms with van der Waals surface area (Å²) in [5, 5.41) is 10.8. The first-order chi connectivity index (χ1) is 10.8. The Balaban J connectivity index is 1.68. The first-order valence-electron chi connectivity index (χ1n) is 6.62. The van der Waals surface area contributed by atoms with Gasteiger partial charge < -0.3 is 14.5 Å². The molecule has 0 radical (unpaired) electrons. The van der Waals surface area contributed by atoms with Gasteiger partial charge in [-0.2, -0.15) is 15.0 Å². The van der Waals surface area contributed by atoms with Crippen LogP contribution >= 0.6 is 0 Å². The summed E-state index contributed by atoms with van der Waals surface area (Å²) >= 11 is 0. The molecule has 0 saturated carbocycles. The summed E-state index contributed by atoms with van der Waals surface area (Å²) in [4.78, 5) is 13.6. The van der Waals surface area contributed by atoms with E-state index in [9.17, 15) is 4.79 Å². The van der Waals surface area contributed by atoms with E-state index in [1.807, 2.05) is 12.1 Å². The minimum absolute atomic E-state index is 0.241. The quantitative estimate of drug-likeness (QED) is 0.781. The fourth-order valence-corrected chi connectivity index (χ4v) is 1.94. The van der Waals surface area contributed by atoms with Crippen molar-refractivity contribution in [1.29, 1.82) is 0 Å². The molecule has 2 heterocycles. The number of benzene rings is 1. The average molecular weight is 298 g/mol. The lowest BCUT2D eigenvalue weighted by Crippen LogP contribution is -2.11. The molecule has 0 unspecified atom stereocenters. The number of carbonyl (C=O) groups excluding carboxylic acids is 1. The molecule has 0 fully saturated rings. The number of methoxy groups -OCH3 is 1. The Morgan fingerprint density at radius 1 is 1.18 bits per heavy atom. The summed E-state index contributed by atoms with van der Waals surface area (Å²) < 4.78 is 10.3. The number of furan rings is 1. The molecule has 1 N–H and O–H groups in total.